The Morgan fingerprint density at radius 3 is 2.17 bits per heavy atom. The number of anilines is 3. The molecule has 156 valence electrons. The van der Waals surface area contributed by atoms with E-state index in [1.807, 2.05) is 13.0 Å². The molecule has 8 heteroatoms. The third-order valence-corrected chi connectivity index (χ3v) is 4.47. The van der Waals surface area contributed by atoms with Gasteiger partial charge in [0.25, 0.3) is 0 Å². The van der Waals surface area contributed by atoms with Gasteiger partial charge in [0.05, 0.1) is 23.8 Å². The van der Waals surface area contributed by atoms with E-state index in [4.69, 9.17) is 5.26 Å². The Labute approximate surface area is 175 Å². The number of rotatable bonds is 8. The molecule has 0 unspecified atom stereocenters. The van der Waals surface area contributed by atoms with E-state index < -0.39 is 6.04 Å². The number of nitriles is 1. The molecule has 2 aromatic carbocycles. The van der Waals surface area contributed by atoms with Crippen LogP contribution in [-0.2, 0) is 14.4 Å². The van der Waals surface area contributed by atoms with E-state index in [2.05, 4.69) is 16.0 Å². The van der Waals surface area contributed by atoms with E-state index in [0.29, 0.717) is 29.2 Å². The second-order valence-corrected chi connectivity index (χ2v) is 6.69. The van der Waals surface area contributed by atoms with Gasteiger partial charge in [-0.3, -0.25) is 19.3 Å². The van der Waals surface area contributed by atoms with E-state index >= 15 is 0 Å². The molecule has 30 heavy (non-hydrogen) atoms. The summed E-state index contributed by atoms with van der Waals surface area (Å²) < 4.78 is 0. The summed E-state index contributed by atoms with van der Waals surface area (Å²) in [5.74, 6) is -0.733. The number of carbonyl (C=O) groups is 3. The van der Waals surface area contributed by atoms with Gasteiger partial charge >= 0.3 is 0 Å². The molecular weight excluding hydrogens is 382 g/mol. The summed E-state index contributed by atoms with van der Waals surface area (Å²) in [5, 5.41) is 17.3. The van der Waals surface area contributed by atoms with Crippen LogP contribution in [0.3, 0.4) is 0 Å². The molecule has 3 N–H and O–H groups in total. The molecule has 1 atom stereocenters. The van der Waals surface area contributed by atoms with Crippen molar-refractivity contribution in [2.45, 2.75) is 26.8 Å². The first-order valence-corrected chi connectivity index (χ1v) is 9.55. The molecule has 0 fully saturated rings. The summed E-state index contributed by atoms with van der Waals surface area (Å²) in [6.07, 6.45) is 0. The minimum Gasteiger partial charge on any atom is -0.326 e. The summed E-state index contributed by atoms with van der Waals surface area (Å²) in [7, 11) is 0. The Balaban J connectivity index is 1.96. The fraction of sp³-hybridized carbons (Fsp3) is 0.273. The van der Waals surface area contributed by atoms with Crippen molar-refractivity contribution in [3.05, 3.63) is 54.1 Å². The minimum atomic E-state index is -0.574. The first-order chi connectivity index (χ1) is 14.3. The molecule has 0 aliphatic rings. The largest absolute Gasteiger partial charge is 0.326 e. The maximum absolute atomic E-state index is 12.6. The maximum atomic E-state index is 12.6. The van der Waals surface area contributed by atoms with E-state index in [1.165, 1.54) is 6.92 Å². The topological polar surface area (TPSA) is 114 Å². The fourth-order valence-corrected chi connectivity index (χ4v) is 2.84. The molecule has 2 rings (SSSR count). The van der Waals surface area contributed by atoms with Crippen LogP contribution in [0.15, 0.2) is 48.5 Å². The van der Waals surface area contributed by atoms with Crippen molar-refractivity contribution >= 4 is 34.8 Å². The lowest BCUT2D eigenvalue weighted by Gasteiger charge is -2.26. The Morgan fingerprint density at radius 2 is 1.60 bits per heavy atom. The molecule has 0 bridgehead atoms. The number of amides is 3. The zero-order valence-electron chi connectivity index (χ0n) is 17.2. The molecule has 8 nitrogen and oxygen atoms in total. The van der Waals surface area contributed by atoms with Crippen molar-refractivity contribution in [2.24, 2.45) is 0 Å². The molecule has 0 saturated carbocycles. The van der Waals surface area contributed by atoms with Gasteiger partial charge < -0.3 is 16.0 Å². The molecule has 0 spiro atoms. The maximum Gasteiger partial charge on any atom is 0.241 e. The molecule has 3 amide bonds. The standard InChI is InChI=1S/C22H25N5O3/c1-4-27(15(2)22(30)26-20-8-6-5-7-17(20)13-23)14-21(29)25-19-11-9-18(10-12-19)24-16(3)28/h5-12,15H,4,14H2,1-3H3,(H,24,28)(H,25,29)(H,26,30)/t15-/m0/s1. The normalized spacial score (nSPS) is 11.3. The van der Waals surface area contributed by atoms with Gasteiger partial charge in [0.2, 0.25) is 17.7 Å². The van der Waals surface area contributed by atoms with Crippen LogP contribution in [0.1, 0.15) is 26.3 Å². The van der Waals surface area contributed by atoms with Gasteiger partial charge in [0.15, 0.2) is 0 Å². The Kier molecular flexibility index (Phi) is 8.08. The van der Waals surface area contributed by atoms with Crippen LogP contribution in [0, 0.1) is 11.3 Å². The zero-order chi connectivity index (χ0) is 22.1. The van der Waals surface area contributed by atoms with Crippen molar-refractivity contribution in [1.82, 2.24) is 4.90 Å². The molecule has 0 aliphatic carbocycles. The Morgan fingerprint density at radius 1 is 1.00 bits per heavy atom. The summed E-state index contributed by atoms with van der Waals surface area (Å²) >= 11 is 0. The van der Waals surface area contributed by atoms with Crippen LogP contribution in [0.25, 0.3) is 0 Å². The number of hydrogen-bond acceptors (Lipinski definition) is 5. The van der Waals surface area contributed by atoms with Crippen LogP contribution in [0.5, 0.6) is 0 Å². The predicted molar refractivity (Wildman–Crippen MR) is 116 cm³/mol. The lowest BCUT2D eigenvalue weighted by molar-refractivity contribution is -0.123. The van der Waals surface area contributed by atoms with Gasteiger partial charge in [0.1, 0.15) is 6.07 Å². The highest BCUT2D eigenvalue weighted by Gasteiger charge is 2.23. The number of likely N-dealkylation sites (N-methyl/N-ethyl adjacent to an activating group) is 1. The van der Waals surface area contributed by atoms with Crippen LogP contribution >= 0.6 is 0 Å². The summed E-state index contributed by atoms with van der Waals surface area (Å²) in [6.45, 7) is 5.51. The number of para-hydroxylation sites is 1. The highest BCUT2D eigenvalue weighted by Crippen LogP contribution is 2.16. The van der Waals surface area contributed by atoms with E-state index in [0.717, 1.165) is 0 Å². The molecule has 0 aliphatic heterocycles. The van der Waals surface area contributed by atoms with Gasteiger partial charge in [-0.15, -0.1) is 0 Å². The van der Waals surface area contributed by atoms with Gasteiger partial charge in [-0.1, -0.05) is 19.1 Å². The number of nitrogens with zero attached hydrogens (tertiary/aromatic N) is 2. The lowest BCUT2D eigenvalue weighted by Crippen LogP contribution is -2.45. The van der Waals surface area contributed by atoms with E-state index in [1.54, 1.807) is 60.4 Å². The molecule has 0 heterocycles. The Hall–Kier alpha value is -3.70. The Bertz CT molecular complexity index is 950. The van der Waals surface area contributed by atoms with Gasteiger partial charge in [-0.25, -0.2) is 0 Å². The van der Waals surface area contributed by atoms with Crippen molar-refractivity contribution in [1.29, 1.82) is 5.26 Å². The lowest BCUT2D eigenvalue weighted by atomic mass is 10.1. The van der Waals surface area contributed by atoms with Crippen molar-refractivity contribution < 1.29 is 14.4 Å². The zero-order valence-corrected chi connectivity index (χ0v) is 17.2. The van der Waals surface area contributed by atoms with Gasteiger partial charge in [-0.2, -0.15) is 5.26 Å². The number of benzene rings is 2. The molecule has 0 saturated heterocycles. The number of hydrogen-bond donors (Lipinski definition) is 3. The first-order valence-electron chi connectivity index (χ1n) is 9.55. The van der Waals surface area contributed by atoms with Crippen molar-refractivity contribution in [3.8, 4) is 6.07 Å². The van der Waals surface area contributed by atoms with Crippen LogP contribution in [0.2, 0.25) is 0 Å². The molecular formula is C22H25N5O3. The van der Waals surface area contributed by atoms with Gasteiger partial charge in [0, 0.05) is 18.3 Å². The first kappa shape index (κ1) is 22.6. The second kappa shape index (κ2) is 10.7. The third-order valence-electron chi connectivity index (χ3n) is 4.47. The van der Waals surface area contributed by atoms with E-state index in [-0.39, 0.29) is 24.3 Å². The van der Waals surface area contributed by atoms with E-state index in [9.17, 15) is 14.4 Å². The SMILES string of the molecule is CCN(CC(=O)Nc1ccc(NC(C)=O)cc1)[C@@H](C)C(=O)Nc1ccccc1C#N. The summed E-state index contributed by atoms with van der Waals surface area (Å²) in [4.78, 5) is 37.8. The number of carbonyl (C=O) groups excluding carboxylic acids is 3. The molecule has 2 aromatic rings. The van der Waals surface area contributed by atoms with Crippen LogP contribution in [-0.4, -0.2) is 41.8 Å². The number of nitrogens with one attached hydrogen (secondary N) is 3. The highest BCUT2D eigenvalue weighted by atomic mass is 16.2. The monoisotopic (exact) mass is 407 g/mol. The summed E-state index contributed by atoms with van der Waals surface area (Å²) in [5.41, 5.74) is 2.04. The average molecular weight is 407 g/mol. The smallest absolute Gasteiger partial charge is 0.241 e. The van der Waals surface area contributed by atoms with Crippen molar-refractivity contribution in [3.63, 3.8) is 0 Å². The quantitative estimate of drug-likeness (QED) is 0.623. The fourth-order valence-electron chi connectivity index (χ4n) is 2.84. The predicted octanol–water partition coefficient (Wildman–Crippen LogP) is 2.80. The molecule has 0 radical (unpaired) electrons. The highest BCUT2D eigenvalue weighted by molar-refractivity contribution is 5.97. The summed E-state index contributed by atoms with van der Waals surface area (Å²) in [6, 6.07) is 15.0. The minimum absolute atomic E-state index is 0.0262. The van der Waals surface area contributed by atoms with Crippen LogP contribution in [0.4, 0.5) is 17.1 Å². The third kappa shape index (κ3) is 6.43. The van der Waals surface area contributed by atoms with Crippen molar-refractivity contribution in [2.75, 3.05) is 29.0 Å². The van der Waals surface area contributed by atoms with Gasteiger partial charge in [-0.05, 0) is 49.9 Å². The molecule has 0 aromatic heterocycles. The average Bonchev–Trinajstić information content (AvgIpc) is 2.73. The second-order valence-electron chi connectivity index (χ2n) is 6.69. The van der Waals surface area contributed by atoms with Crippen LogP contribution < -0.4 is 16.0 Å².